The highest BCUT2D eigenvalue weighted by Crippen LogP contribution is 2.19. The minimum absolute atomic E-state index is 0.0670. The summed E-state index contributed by atoms with van der Waals surface area (Å²) < 4.78 is 0. The predicted molar refractivity (Wildman–Crippen MR) is 90.2 cm³/mol. The first-order valence-electron chi connectivity index (χ1n) is 7.78. The second-order valence-corrected chi connectivity index (χ2v) is 5.72. The van der Waals surface area contributed by atoms with Crippen molar-refractivity contribution in [3.63, 3.8) is 0 Å². The van der Waals surface area contributed by atoms with Crippen molar-refractivity contribution in [3.8, 4) is 0 Å². The molecule has 1 aromatic heterocycles. The Hall–Kier alpha value is -2.83. The molecule has 2 atom stereocenters. The maximum atomic E-state index is 12.2. The van der Waals surface area contributed by atoms with Gasteiger partial charge in [-0.1, -0.05) is 37.2 Å². The predicted octanol–water partition coefficient (Wildman–Crippen LogP) is 2.16. The monoisotopic (exact) mass is 331 g/mol. The molecule has 7 nitrogen and oxygen atoms in total. The molecule has 0 saturated heterocycles. The third-order valence-corrected chi connectivity index (χ3v) is 4.12. The molecule has 4 N–H and O–H groups in total. The fraction of sp³-hybridized carbons (Fsp3) is 0.353. The van der Waals surface area contributed by atoms with Crippen LogP contribution in [0.4, 0.5) is 0 Å². The van der Waals surface area contributed by atoms with Crippen molar-refractivity contribution in [1.82, 2.24) is 10.3 Å². The summed E-state index contributed by atoms with van der Waals surface area (Å²) in [7, 11) is 0. The Bertz CT molecular complexity index is 766. The fourth-order valence-electron chi connectivity index (χ4n) is 2.51. The molecule has 1 unspecified atom stereocenters. The van der Waals surface area contributed by atoms with Gasteiger partial charge in [0.05, 0.1) is 0 Å². The van der Waals surface area contributed by atoms with Gasteiger partial charge in [0.15, 0.2) is 0 Å². The number of hydrogen-bond donors (Lipinski definition) is 4. The van der Waals surface area contributed by atoms with E-state index in [1.54, 1.807) is 13.1 Å². The number of amides is 1. The van der Waals surface area contributed by atoms with Crippen LogP contribution in [0.1, 0.15) is 25.8 Å². The van der Waals surface area contributed by atoms with Crippen LogP contribution in [0.2, 0.25) is 0 Å². The molecule has 7 heteroatoms. The summed E-state index contributed by atoms with van der Waals surface area (Å²) in [6.45, 7) is 3.59. The van der Waals surface area contributed by atoms with Gasteiger partial charge >= 0.3 is 5.97 Å². The summed E-state index contributed by atoms with van der Waals surface area (Å²) in [5.41, 5.74) is 1.63. The van der Waals surface area contributed by atoms with E-state index in [1.807, 2.05) is 31.2 Å². The second-order valence-electron chi connectivity index (χ2n) is 5.72. The Balaban J connectivity index is 2.18. The molecule has 1 heterocycles. The van der Waals surface area contributed by atoms with Crippen LogP contribution in [0.3, 0.4) is 0 Å². The smallest absolute Gasteiger partial charge is 0.326 e. The molecule has 0 fully saturated rings. The van der Waals surface area contributed by atoms with E-state index in [0.29, 0.717) is 6.42 Å². The average molecular weight is 331 g/mol. The van der Waals surface area contributed by atoms with Gasteiger partial charge in [-0.3, -0.25) is 4.79 Å². The molecule has 0 bridgehead atoms. The highest BCUT2D eigenvalue weighted by atomic mass is 16.4. The van der Waals surface area contributed by atoms with Gasteiger partial charge in [-0.15, -0.1) is 0 Å². The quantitative estimate of drug-likeness (QED) is 0.353. The topological polar surface area (TPSA) is 115 Å². The second kappa shape index (κ2) is 7.63. The molecule has 0 radical (unpaired) electrons. The number of carbonyl (C=O) groups is 2. The number of hydrogen-bond acceptors (Lipinski definition) is 4. The molecule has 0 saturated carbocycles. The highest BCUT2D eigenvalue weighted by Gasteiger charge is 2.26. The lowest BCUT2D eigenvalue weighted by Gasteiger charge is -2.16. The molecular formula is C17H21N3O4. The Morgan fingerprint density at radius 2 is 2.04 bits per heavy atom. The molecular weight excluding hydrogens is 310 g/mol. The summed E-state index contributed by atoms with van der Waals surface area (Å²) in [6.07, 6.45) is 2.47. The molecule has 2 rings (SSSR count). The number of benzene rings is 1. The summed E-state index contributed by atoms with van der Waals surface area (Å²) in [6, 6.07) is 6.43. The van der Waals surface area contributed by atoms with Crippen molar-refractivity contribution in [2.45, 2.75) is 32.7 Å². The van der Waals surface area contributed by atoms with E-state index in [4.69, 9.17) is 5.21 Å². The van der Waals surface area contributed by atoms with Crippen LogP contribution in [0, 0.1) is 5.92 Å². The van der Waals surface area contributed by atoms with Crippen LogP contribution >= 0.6 is 0 Å². The first-order chi connectivity index (χ1) is 11.5. The van der Waals surface area contributed by atoms with Gasteiger partial charge in [-0.05, 0) is 18.1 Å². The number of aromatic nitrogens is 1. The molecule has 0 aliphatic heterocycles. The van der Waals surface area contributed by atoms with Gasteiger partial charge in [-0.2, -0.15) is 0 Å². The number of rotatable bonds is 7. The Morgan fingerprint density at radius 3 is 2.67 bits per heavy atom. The van der Waals surface area contributed by atoms with Gasteiger partial charge < -0.3 is 20.6 Å². The normalized spacial score (nSPS) is 14.3. The molecule has 1 aromatic carbocycles. The zero-order valence-corrected chi connectivity index (χ0v) is 13.6. The summed E-state index contributed by atoms with van der Waals surface area (Å²) in [5.74, 6) is -2.08. The van der Waals surface area contributed by atoms with E-state index in [1.165, 1.54) is 0 Å². The molecule has 128 valence electrons. The zero-order valence-electron chi connectivity index (χ0n) is 13.6. The lowest BCUT2D eigenvalue weighted by molar-refractivity contribution is -0.141. The van der Waals surface area contributed by atoms with Crippen LogP contribution in [-0.4, -0.2) is 38.9 Å². The van der Waals surface area contributed by atoms with Crippen molar-refractivity contribution in [2.75, 3.05) is 0 Å². The zero-order chi connectivity index (χ0) is 17.7. The lowest BCUT2D eigenvalue weighted by atomic mass is 10.0. The molecule has 0 aliphatic carbocycles. The SMILES string of the molecule is CCC(C)C(=NO)C(=O)N[C@@H](Cc1c[nH]c2ccccc12)C(=O)O. The minimum atomic E-state index is -1.14. The van der Waals surface area contributed by atoms with Crippen LogP contribution in [0.15, 0.2) is 35.6 Å². The number of fused-ring (bicyclic) bond motifs is 1. The van der Waals surface area contributed by atoms with E-state index in [2.05, 4.69) is 15.5 Å². The molecule has 1 amide bonds. The van der Waals surface area contributed by atoms with E-state index in [0.717, 1.165) is 16.5 Å². The number of nitrogens with one attached hydrogen (secondary N) is 2. The van der Waals surface area contributed by atoms with Gasteiger partial charge in [0.1, 0.15) is 11.8 Å². The average Bonchev–Trinajstić information content (AvgIpc) is 2.97. The number of nitrogens with zero attached hydrogens (tertiary/aromatic N) is 1. The number of aliphatic carboxylic acids is 1. The maximum Gasteiger partial charge on any atom is 0.326 e. The fourth-order valence-corrected chi connectivity index (χ4v) is 2.51. The summed E-state index contributed by atoms with van der Waals surface area (Å²) >= 11 is 0. The summed E-state index contributed by atoms with van der Waals surface area (Å²) in [4.78, 5) is 26.8. The van der Waals surface area contributed by atoms with E-state index >= 15 is 0 Å². The number of H-pyrrole nitrogens is 1. The van der Waals surface area contributed by atoms with Crippen LogP contribution in [0.5, 0.6) is 0 Å². The van der Waals surface area contributed by atoms with Crippen molar-refractivity contribution in [1.29, 1.82) is 0 Å². The number of para-hydroxylation sites is 1. The molecule has 2 aromatic rings. The molecule has 0 aliphatic rings. The number of carboxylic acid groups (broad SMARTS) is 1. The largest absolute Gasteiger partial charge is 0.480 e. The maximum absolute atomic E-state index is 12.2. The van der Waals surface area contributed by atoms with Crippen molar-refractivity contribution < 1.29 is 19.9 Å². The van der Waals surface area contributed by atoms with E-state index in [9.17, 15) is 14.7 Å². The number of oxime groups is 1. The third kappa shape index (κ3) is 3.73. The van der Waals surface area contributed by atoms with Crippen molar-refractivity contribution in [3.05, 3.63) is 36.0 Å². The summed E-state index contributed by atoms with van der Waals surface area (Å²) in [5, 5.41) is 24.8. The Morgan fingerprint density at radius 1 is 1.33 bits per heavy atom. The van der Waals surface area contributed by atoms with Crippen LogP contribution in [-0.2, 0) is 16.0 Å². The first kappa shape index (κ1) is 17.5. The number of aromatic amines is 1. The van der Waals surface area contributed by atoms with E-state index in [-0.39, 0.29) is 18.1 Å². The standard InChI is InChI=1S/C17H21N3O4/c1-3-10(2)15(20-24)16(21)19-14(17(22)23)8-11-9-18-13-7-5-4-6-12(11)13/h4-7,9-10,14,18,24H,3,8H2,1-2H3,(H,19,21)(H,22,23)/t10?,14-/m0/s1. The molecule has 24 heavy (non-hydrogen) atoms. The van der Waals surface area contributed by atoms with Crippen molar-refractivity contribution in [2.24, 2.45) is 11.1 Å². The first-order valence-corrected chi connectivity index (χ1v) is 7.78. The van der Waals surface area contributed by atoms with Crippen LogP contribution in [0.25, 0.3) is 10.9 Å². The minimum Gasteiger partial charge on any atom is -0.480 e. The van der Waals surface area contributed by atoms with Crippen LogP contribution < -0.4 is 5.32 Å². The van der Waals surface area contributed by atoms with Gasteiger partial charge in [0.2, 0.25) is 0 Å². The van der Waals surface area contributed by atoms with Crippen molar-refractivity contribution >= 4 is 28.5 Å². The lowest BCUT2D eigenvalue weighted by Crippen LogP contribution is -2.46. The van der Waals surface area contributed by atoms with Gasteiger partial charge in [0, 0.05) is 29.4 Å². The number of carboxylic acids is 1. The third-order valence-electron chi connectivity index (χ3n) is 4.12. The highest BCUT2D eigenvalue weighted by molar-refractivity contribution is 6.39. The van der Waals surface area contributed by atoms with Gasteiger partial charge in [0.25, 0.3) is 5.91 Å². The van der Waals surface area contributed by atoms with Gasteiger partial charge in [-0.25, -0.2) is 4.79 Å². The number of carbonyl (C=O) groups excluding carboxylic acids is 1. The Kier molecular flexibility index (Phi) is 5.57. The van der Waals surface area contributed by atoms with E-state index < -0.39 is 17.9 Å². The molecule has 0 spiro atoms. The Labute approximate surface area is 139 Å².